The van der Waals surface area contributed by atoms with Crippen LogP contribution in [0.5, 0.6) is 0 Å². The van der Waals surface area contributed by atoms with Gasteiger partial charge in [0.25, 0.3) is 0 Å². The van der Waals surface area contributed by atoms with Crippen molar-refractivity contribution in [1.82, 2.24) is 9.97 Å². The highest BCUT2D eigenvalue weighted by molar-refractivity contribution is 5.74. The van der Waals surface area contributed by atoms with Crippen LogP contribution in [0.2, 0.25) is 0 Å². The molecule has 19 heavy (non-hydrogen) atoms. The van der Waals surface area contributed by atoms with E-state index in [-0.39, 0.29) is 11.9 Å². The Morgan fingerprint density at radius 1 is 1.37 bits per heavy atom. The van der Waals surface area contributed by atoms with Gasteiger partial charge < -0.3 is 9.64 Å². The smallest absolute Gasteiger partial charge is 0.310 e. The van der Waals surface area contributed by atoms with Gasteiger partial charge in [0.2, 0.25) is 0 Å². The summed E-state index contributed by atoms with van der Waals surface area (Å²) in [4.78, 5) is 22.8. The Labute approximate surface area is 113 Å². The van der Waals surface area contributed by atoms with Crippen LogP contribution in [0.15, 0.2) is 6.33 Å². The topological polar surface area (TPSA) is 55.3 Å². The predicted molar refractivity (Wildman–Crippen MR) is 70.9 cm³/mol. The molecule has 5 nitrogen and oxygen atoms in total. The summed E-state index contributed by atoms with van der Waals surface area (Å²) in [6.07, 6.45) is 4.91. The van der Waals surface area contributed by atoms with E-state index in [0.717, 1.165) is 31.6 Å². The Hall–Kier alpha value is -1.65. The number of methoxy groups -OCH3 is 1. The molecule has 0 spiro atoms. The van der Waals surface area contributed by atoms with E-state index in [4.69, 9.17) is 4.74 Å². The zero-order valence-corrected chi connectivity index (χ0v) is 11.4. The van der Waals surface area contributed by atoms with E-state index in [0.29, 0.717) is 12.5 Å². The molecule has 0 amide bonds. The van der Waals surface area contributed by atoms with Gasteiger partial charge in [-0.15, -0.1) is 0 Å². The number of hydrogen-bond donors (Lipinski definition) is 0. The van der Waals surface area contributed by atoms with Gasteiger partial charge in [-0.2, -0.15) is 0 Å². The zero-order valence-electron chi connectivity index (χ0n) is 11.4. The molecule has 3 rings (SSSR count). The molecule has 5 heteroatoms. The lowest BCUT2D eigenvalue weighted by atomic mass is 9.99. The number of ether oxygens (including phenoxy) is 1. The van der Waals surface area contributed by atoms with Crippen LogP contribution in [0, 0.1) is 11.8 Å². The van der Waals surface area contributed by atoms with Gasteiger partial charge in [0.15, 0.2) is 0 Å². The Bertz CT molecular complexity index is 503. The van der Waals surface area contributed by atoms with Gasteiger partial charge in [-0.1, -0.05) is 6.92 Å². The average molecular weight is 261 g/mol. The fourth-order valence-electron chi connectivity index (χ4n) is 3.21. The van der Waals surface area contributed by atoms with Crippen LogP contribution in [-0.4, -0.2) is 36.1 Å². The average Bonchev–Trinajstić information content (AvgIpc) is 3.03. The molecule has 0 N–H and O–H groups in total. The van der Waals surface area contributed by atoms with E-state index in [1.165, 1.54) is 18.4 Å². The summed E-state index contributed by atoms with van der Waals surface area (Å²) in [5.41, 5.74) is 2.46. The molecule has 1 saturated heterocycles. The second-order valence-corrected chi connectivity index (χ2v) is 5.49. The normalized spacial score (nSPS) is 25.5. The summed E-state index contributed by atoms with van der Waals surface area (Å²) in [5.74, 6) is 1.18. The maximum Gasteiger partial charge on any atom is 0.310 e. The van der Waals surface area contributed by atoms with Crippen molar-refractivity contribution in [2.45, 2.75) is 26.2 Å². The lowest BCUT2D eigenvalue weighted by Gasteiger charge is -2.19. The standard InChI is InChI=1S/C14H19N3O2/c1-9-6-17(7-11(9)14(18)19-2)13-10-4-3-5-12(10)15-8-16-13/h8-9,11H,3-7H2,1-2H3. The summed E-state index contributed by atoms with van der Waals surface area (Å²) >= 11 is 0. The lowest BCUT2D eigenvalue weighted by Crippen LogP contribution is -2.25. The van der Waals surface area contributed by atoms with E-state index in [1.54, 1.807) is 6.33 Å². The molecule has 0 radical (unpaired) electrons. The third-order valence-corrected chi connectivity index (χ3v) is 4.27. The molecule has 2 heterocycles. The minimum absolute atomic E-state index is 0.0444. The molecule has 1 aromatic heterocycles. The van der Waals surface area contributed by atoms with Crippen LogP contribution in [0.1, 0.15) is 24.6 Å². The molecular formula is C14H19N3O2. The first-order valence-electron chi connectivity index (χ1n) is 6.86. The molecule has 0 bridgehead atoms. The molecule has 2 atom stereocenters. The third kappa shape index (κ3) is 2.07. The van der Waals surface area contributed by atoms with Gasteiger partial charge in [-0.3, -0.25) is 4.79 Å². The maximum absolute atomic E-state index is 11.8. The van der Waals surface area contributed by atoms with Crippen LogP contribution < -0.4 is 4.90 Å². The maximum atomic E-state index is 11.8. The molecule has 102 valence electrons. The van der Waals surface area contributed by atoms with Crippen molar-refractivity contribution < 1.29 is 9.53 Å². The van der Waals surface area contributed by atoms with Gasteiger partial charge in [-0.05, 0) is 25.2 Å². The number of carbonyl (C=O) groups is 1. The number of anilines is 1. The first-order chi connectivity index (χ1) is 9.20. The van der Waals surface area contributed by atoms with E-state index in [9.17, 15) is 4.79 Å². The first kappa shape index (κ1) is 12.4. The molecule has 0 saturated carbocycles. The van der Waals surface area contributed by atoms with Crippen molar-refractivity contribution >= 4 is 11.8 Å². The van der Waals surface area contributed by atoms with E-state index in [1.807, 2.05) is 0 Å². The summed E-state index contributed by atoms with van der Waals surface area (Å²) < 4.78 is 4.88. The number of carbonyl (C=O) groups excluding carboxylic acids is 1. The first-order valence-corrected chi connectivity index (χ1v) is 6.86. The number of rotatable bonds is 2. The number of nitrogens with zero attached hydrogens (tertiary/aromatic N) is 3. The minimum atomic E-state index is -0.110. The van der Waals surface area contributed by atoms with Crippen LogP contribution in [0.4, 0.5) is 5.82 Å². The van der Waals surface area contributed by atoms with E-state index >= 15 is 0 Å². The molecule has 1 fully saturated rings. The minimum Gasteiger partial charge on any atom is -0.469 e. The van der Waals surface area contributed by atoms with Crippen LogP contribution >= 0.6 is 0 Å². The summed E-state index contributed by atoms with van der Waals surface area (Å²) in [7, 11) is 1.46. The highest BCUT2D eigenvalue weighted by Crippen LogP contribution is 2.33. The van der Waals surface area contributed by atoms with Crippen molar-refractivity contribution in [3.05, 3.63) is 17.6 Å². The largest absolute Gasteiger partial charge is 0.469 e. The van der Waals surface area contributed by atoms with Crippen molar-refractivity contribution in [2.24, 2.45) is 11.8 Å². The molecule has 1 aliphatic carbocycles. The highest BCUT2D eigenvalue weighted by atomic mass is 16.5. The molecule has 0 aromatic carbocycles. The summed E-state index contributed by atoms with van der Waals surface area (Å²) in [6, 6.07) is 0. The van der Waals surface area contributed by atoms with Crippen LogP contribution in [0.3, 0.4) is 0 Å². The van der Waals surface area contributed by atoms with E-state index in [2.05, 4.69) is 21.8 Å². The monoisotopic (exact) mass is 261 g/mol. The highest BCUT2D eigenvalue weighted by Gasteiger charge is 2.37. The summed E-state index contributed by atoms with van der Waals surface area (Å²) in [6.45, 7) is 3.67. The Morgan fingerprint density at radius 2 is 2.21 bits per heavy atom. The third-order valence-electron chi connectivity index (χ3n) is 4.27. The summed E-state index contributed by atoms with van der Waals surface area (Å²) in [5, 5.41) is 0. The molecule has 1 aromatic rings. The Balaban J connectivity index is 1.85. The zero-order chi connectivity index (χ0) is 13.4. The van der Waals surface area contributed by atoms with Gasteiger partial charge in [-0.25, -0.2) is 9.97 Å². The number of hydrogen-bond acceptors (Lipinski definition) is 5. The number of fused-ring (bicyclic) bond motifs is 1. The lowest BCUT2D eigenvalue weighted by molar-refractivity contribution is -0.145. The fourth-order valence-corrected chi connectivity index (χ4v) is 3.21. The van der Waals surface area contributed by atoms with Crippen molar-refractivity contribution in [3.8, 4) is 0 Å². The second-order valence-electron chi connectivity index (χ2n) is 5.49. The number of esters is 1. The van der Waals surface area contributed by atoms with Crippen LogP contribution in [-0.2, 0) is 22.4 Å². The molecular weight excluding hydrogens is 242 g/mol. The van der Waals surface area contributed by atoms with Crippen molar-refractivity contribution in [2.75, 3.05) is 25.1 Å². The van der Waals surface area contributed by atoms with Gasteiger partial charge >= 0.3 is 5.97 Å². The predicted octanol–water partition coefficient (Wildman–Crippen LogP) is 1.21. The number of aryl methyl sites for hydroxylation is 1. The number of aromatic nitrogens is 2. The van der Waals surface area contributed by atoms with Gasteiger partial charge in [0, 0.05) is 24.3 Å². The molecule has 2 unspecified atom stereocenters. The van der Waals surface area contributed by atoms with Crippen molar-refractivity contribution in [1.29, 1.82) is 0 Å². The van der Waals surface area contributed by atoms with Crippen molar-refractivity contribution in [3.63, 3.8) is 0 Å². The Morgan fingerprint density at radius 3 is 3.00 bits per heavy atom. The van der Waals surface area contributed by atoms with Crippen LogP contribution in [0.25, 0.3) is 0 Å². The fraction of sp³-hybridized carbons (Fsp3) is 0.643. The van der Waals surface area contributed by atoms with Gasteiger partial charge in [0.05, 0.1) is 13.0 Å². The van der Waals surface area contributed by atoms with E-state index < -0.39 is 0 Å². The quantitative estimate of drug-likeness (QED) is 0.749. The SMILES string of the molecule is COC(=O)C1CN(c2ncnc3c2CCC3)CC1C. The second kappa shape index (κ2) is 4.79. The molecule has 2 aliphatic rings. The van der Waals surface area contributed by atoms with Gasteiger partial charge in [0.1, 0.15) is 12.1 Å². The Kier molecular flexibility index (Phi) is 3.12. The molecule has 1 aliphatic heterocycles.